The monoisotopic (exact) mass is 392 g/mol. The summed E-state index contributed by atoms with van der Waals surface area (Å²) in [4.78, 5) is 15.7. The van der Waals surface area contributed by atoms with E-state index in [4.69, 9.17) is 14.3 Å². The molecule has 0 spiro atoms. The Hall–Kier alpha value is -3.28. The largest absolute Gasteiger partial charge is 0.494 e. The van der Waals surface area contributed by atoms with Crippen LogP contribution in [0, 0.1) is 6.92 Å². The molecule has 2 aliphatic rings. The SMILES string of the molecule is Cc1oc(-c2ccccc2)nc1CCOC1=CC/C(=C2\CC[C@@H](C(=O)O)N2)C=C1. The van der Waals surface area contributed by atoms with Crippen molar-refractivity contribution in [1.29, 1.82) is 0 Å². The molecule has 2 aromatic rings. The van der Waals surface area contributed by atoms with Crippen molar-refractivity contribution in [2.45, 2.75) is 38.6 Å². The number of allylic oxidation sites excluding steroid dienone is 5. The van der Waals surface area contributed by atoms with Gasteiger partial charge in [0.15, 0.2) is 0 Å². The van der Waals surface area contributed by atoms with Gasteiger partial charge in [-0.15, -0.1) is 0 Å². The number of ether oxygens (including phenoxy) is 1. The molecule has 6 heteroatoms. The molecule has 0 bridgehead atoms. The first-order chi connectivity index (χ1) is 14.1. The van der Waals surface area contributed by atoms with Crippen molar-refractivity contribution in [3.05, 3.63) is 77.0 Å². The molecule has 0 unspecified atom stereocenters. The Kier molecular flexibility index (Phi) is 5.51. The molecule has 2 N–H and O–H groups in total. The van der Waals surface area contributed by atoms with Gasteiger partial charge in [0.25, 0.3) is 0 Å². The summed E-state index contributed by atoms with van der Waals surface area (Å²) >= 11 is 0. The van der Waals surface area contributed by atoms with E-state index < -0.39 is 12.0 Å². The normalized spacial score (nSPS) is 21.0. The fourth-order valence-corrected chi connectivity index (χ4v) is 3.57. The summed E-state index contributed by atoms with van der Waals surface area (Å²) in [5.74, 6) is 1.48. The van der Waals surface area contributed by atoms with Gasteiger partial charge in [0.05, 0.1) is 12.3 Å². The molecule has 1 atom stereocenters. The molecule has 1 aliphatic heterocycles. The summed E-state index contributed by atoms with van der Waals surface area (Å²) < 4.78 is 11.7. The molecular formula is C23H24N2O4. The van der Waals surface area contributed by atoms with E-state index in [1.807, 2.05) is 55.5 Å². The molecule has 0 saturated carbocycles. The van der Waals surface area contributed by atoms with Crippen molar-refractivity contribution < 1.29 is 19.1 Å². The van der Waals surface area contributed by atoms with Crippen LogP contribution in [0.5, 0.6) is 0 Å². The first-order valence-corrected chi connectivity index (χ1v) is 9.84. The number of nitrogens with one attached hydrogen (secondary N) is 1. The Morgan fingerprint density at radius 3 is 2.83 bits per heavy atom. The van der Waals surface area contributed by atoms with Crippen LogP contribution in [-0.4, -0.2) is 28.7 Å². The zero-order valence-corrected chi connectivity index (χ0v) is 16.4. The average molecular weight is 392 g/mol. The zero-order valence-electron chi connectivity index (χ0n) is 16.4. The minimum Gasteiger partial charge on any atom is -0.494 e. The minimum absolute atomic E-state index is 0.473. The summed E-state index contributed by atoms with van der Waals surface area (Å²) in [6.45, 7) is 2.44. The van der Waals surface area contributed by atoms with E-state index >= 15 is 0 Å². The third-order valence-corrected chi connectivity index (χ3v) is 5.21. The van der Waals surface area contributed by atoms with E-state index in [2.05, 4.69) is 10.3 Å². The van der Waals surface area contributed by atoms with Gasteiger partial charge in [0, 0.05) is 17.7 Å². The van der Waals surface area contributed by atoms with Gasteiger partial charge < -0.3 is 19.6 Å². The molecule has 6 nitrogen and oxygen atoms in total. The van der Waals surface area contributed by atoms with Gasteiger partial charge in [-0.05, 0) is 56.0 Å². The van der Waals surface area contributed by atoms with Crippen LogP contribution in [0.15, 0.2) is 70.0 Å². The lowest BCUT2D eigenvalue weighted by molar-refractivity contribution is -0.138. The Morgan fingerprint density at radius 2 is 2.14 bits per heavy atom. The van der Waals surface area contributed by atoms with E-state index in [0.717, 1.165) is 46.9 Å². The highest BCUT2D eigenvalue weighted by Crippen LogP contribution is 2.26. The Morgan fingerprint density at radius 1 is 1.31 bits per heavy atom. The van der Waals surface area contributed by atoms with Crippen molar-refractivity contribution in [2.75, 3.05) is 6.61 Å². The van der Waals surface area contributed by atoms with E-state index in [1.54, 1.807) is 0 Å². The highest BCUT2D eigenvalue weighted by Gasteiger charge is 2.26. The number of benzene rings is 1. The van der Waals surface area contributed by atoms with E-state index in [0.29, 0.717) is 25.3 Å². The van der Waals surface area contributed by atoms with Crippen molar-refractivity contribution in [2.24, 2.45) is 0 Å². The highest BCUT2D eigenvalue weighted by atomic mass is 16.5. The maximum atomic E-state index is 11.1. The van der Waals surface area contributed by atoms with Crippen LogP contribution in [-0.2, 0) is 16.0 Å². The first kappa shape index (κ1) is 19.1. The average Bonchev–Trinajstić information content (AvgIpc) is 3.37. The molecule has 0 radical (unpaired) electrons. The van der Waals surface area contributed by atoms with Gasteiger partial charge in [0.1, 0.15) is 17.6 Å². The summed E-state index contributed by atoms with van der Waals surface area (Å²) in [5.41, 5.74) is 4.02. The predicted octanol–water partition coefficient (Wildman–Crippen LogP) is 4.14. The molecular weight excluding hydrogens is 368 g/mol. The number of aliphatic carboxylic acids is 1. The number of carbonyl (C=O) groups is 1. The van der Waals surface area contributed by atoms with Crippen LogP contribution < -0.4 is 5.32 Å². The Bertz CT molecular complexity index is 986. The van der Waals surface area contributed by atoms with Gasteiger partial charge in [-0.3, -0.25) is 0 Å². The highest BCUT2D eigenvalue weighted by molar-refractivity contribution is 5.74. The van der Waals surface area contributed by atoms with Crippen LogP contribution >= 0.6 is 0 Å². The van der Waals surface area contributed by atoms with Gasteiger partial charge >= 0.3 is 5.97 Å². The van der Waals surface area contributed by atoms with Gasteiger partial charge in [0.2, 0.25) is 5.89 Å². The second kappa shape index (κ2) is 8.39. The Balaban J connectivity index is 1.30. The number of aryl methyl sites for hydroxylation is 1. The zero-order chi connectivity index (χ0) is 20.2. The lowest BCUT2D eigenvalue weighted by Crippen LogP contribution is -2.29. The maximum Gasteiger partial charge on any atom is 0.326 e. The van der Waals surface area contributed by atoms with Crippen molar-refractivity contribution in [3.8, 4) is 11.5 Å². The molecule has 0 amide bonds. The number of hydrogen-bond donors (Lipinski definition) is 2. The topological polar surface area (TPSA) is 84.6 Å². The van der Waals surface area contributed by atoms with Gasteiger partial charge in [-0.25, -0.2) is 9.78 Å². The van der Waals surface area contributed by atoms with Crippen LogP contribution in [0.3, 0.4) is 0 Å². The lowest BCUT2D eigenvalue weighted by Gasteiger charge is -2.14. The summed E-state index contributed by atoms with van der Waals surface area (Å²) in [5, 5.41) is 12.2. The third kappa shape index (κ3) is 4.42. The molecule has 4 rings (SSSR count). The van der Waals surface area contributed by atoms with Crippen molar-refractivity contribution in [1.82, 2.24) is 10.3 Å². The fourth-order valence-electron chi connectivity index (χ4n) is 3.57. The molecule has 29 heavy (non-hydrogen) atoms. The number of nitrogens with zero attached hydrogens (tertiary/aromatic N) is 1. The fraction of sp³-hybridized carbons (Fsp3) is 0.304. The quantitative estimate of drug-likeness (QED) is 0.768. The summed E-state index contributed by atoms with van der Waals surface area (Å²) in [6.07, 6.45) is 8.80. The van der Waals surface area contributed by atoms with Crippen LogP contribution in [0.2, 0.25) is 0 Å². The minimum atomic E-state index is -0.793. The number of carboxylic acid groups (broad SMARTS) is 1. The van der Waals surface area contributed by atoms with Crippen molar-refractivity contribution >= 4 is 5.97 Å². The number of oxazole rings is 1. The molecule has 1 saturated heterocycles. The molecule has 1 fully saturated rings. The molecule has 150 valence electrons. The molecule has 1 aliphatic carbocycles. The Labute approximate surface area is 169 Å². The number of aromatic nitrogens is 1. The lowest BCUT2D eigenvalue weighted by atomic mass is 10.0. The summed E-state index contributed by atoms with van der Waals surface area (Å²) in [6, 6.07) is 9.38. The second-order valence-electron chi connectivity index (χ2n) is 7.21. The van der Waals surface area contributed by atoms with E-state index in [1.165, 1.54) is 0 Å². The molecule has 1 aromatic carbocycles. The number of carboxylic acids is 1. The number of rotatable bonds is 6. The van der Waals surface area contributed by atoms with Gasteiger partial charge in [-0.1, -0.05) is 24.3 Å². The standard InChI is InChI=1S/C23H24N2O4/c1-15-19(25-22(29-15)17-5-3-2-4-6-17)13-14-28-18-9-7-16(8-10-18)20-11-12-21(24-20)23(26)27/h2-7,9-10,21,24H,8,11-14H2,1H3,(H,26,27)/b20-16+/t21-/m0/s1. The van der Waals surface area contributed by atoms with Gasteiger partial charge in [-0.2, -0.15) is 0 Å². The molecule has 2 heterocycles. The van der Waals surface area contributed by atoms with Crippen LogP contribution in [0.4, 0.5) is 0 Å². The summed E-state index contributed by atoms with van der Waals surface area (Å²) in [7, 11) is 0. The molecule has 1 aromatic heterocycles. The smallest absolute Gasteiger partial charge is 0.326 e. The van der Waals surface area contributed by atoms with Crippen LogP contribution in [0.1, 0.15) is 30.7 Å². The number of hydrogen-bond acceptors (Lipinski definition) is 5. The second-order valence-corrected chi connectivity index (χ2v) is 7.21. The first-order valence-electron chi connectivity index (χ1n) is 9.84. The maximum absolute atomic E-state index is 11.1. The van der Waals surface area contributed by atoms with E-state index in [9.17, 15) is 4.79 Å². The van der Waals surface area contributed by atoms with Crippen molar-refractivity contribution in [3.63, 3.8) is 0 Å². The predicted molar refractivity (Wildman–Crippen MR) is 109 cm³/mol. The van der Waals surface area contributed by atoms with Crippen LogP contribution in [0.25, 0.3) is 11.5 Å². The third-order valence-electron chi connectivity index (χ3n) is 5.21. The van der Waals surface area contributed by atoms with E-state index in [-0.39, 0.29) is 0 Å².